The fourth-order valence-corrected chi connectivity index (χ4v) is 3.96. The summed E-state index contributed by atoms with van der Waals surface area (Å²) in [5.74, 6) is 0.153. The van der Waals surface area contributed by atoms with Crippen LogP contribution in [0, 0.1) is 0 Å². The molecule has 1 N–H and O–H groups in total. The maximum atomic E-state index is 12.0. The van der Waals surface area contributed by atoms with Gasteiger partial charge in [0.2, 0.25) is 0 Å². The van der Waals surface area contributed by atoms with Crippen molar-refractivity contribution in [3.05, 3.63) is 42.0 Å². The predicted octanol–water partition coefficient (Wildman–Crippen LogP) is 3.19. The van der Waals surface area contributed by atoms with Crippen LogP contribution >= 0.6 is 0 Å². The number of carbonyl (C=O) groups excluding carboxylic acids is 2. The van der Waals surface area contributed by atoms with Crippen LogP contribution in [-0.4, -0.2) is 37.1 Å². The first-order chi connectivity index (χ1) is 11.7. The Morgan fingerprint density at radius 2 is 2.08 bits per heavy atom. The number of alkyl carbamates (subject to hydrolysis) is 1. The number of likely N-dealkylation sites (N-methyl/N-ethyl adjacent to an activating group) is 1. The monoisotopic (exact) mass is 342 g/mol. The van der Waals surface area contributed by atoms with Crippen molar-refractivity contribution in [2.75, 3.05) is 18.5 Å². The van der Waals surface area contributed by atoms with Crippen molar-refractivity contribution < 1.29 is 14.3 Å². The third-order valence-electron chi connectivity index (χ3n) is 5.02. The van der Waals surface area contributed by atoms with Crippen molar-refractivity contribution in [3.8, 4) is 0 Å². The van der Waals surface area contributed by atoms with E-state index in [1.54, 1.807) is 6.08 Å². The minimum absolute atomic E-state index is 0.0860. The molecule has 1 aromatic carbocycles. The van der Waals surface area contributed by atoms with Gasteiger partial charge in [-0.15, -0.1) is 0 Å². The largest absolute Gasteiger partial charge is 0.444 e. The highest BCUT2D eigenvalue weighted by Gasteiger charge is 2.49. The van der Waals surface area contributed by atoms with E-state index in [1.807, 2.05) is 46.0 Å². The van der Waals surface area contributed by atoms with Crippen LogP contribution in [0.25, 0.3) is 0 Å². The number of fused-ring (bicyclic) bond motifs is 3. The second kappa shape index (κ2) is 6.21. The number of amides is 1. The third kappa shape index (κ3) is 3.28. The van der Waals surface area contributed by atoms with Crippen molar-refractivity contribution >= 4 is 17.6 Å². The molecule has 1 aliphatic carbocycles. The molecule has 1 amide bonds. The predicted molar refractivity (Wildman–Crippen MR) is 97.9 cm³/mol. The Hall–Kier alpha value is -2.30. The summed E-state index contributed by atoms with van der Waals surface area (Å²) in [7, 11) is 2.04. The van der Waals surface area contributed by atoms with Crippen molar-refractivity contribution in [1.82, 2.24) is 5.32 Å². The Kier molecular flexibility index (Phi) is 4.35. The SMILES string of the molecule is CN1c2ccccc2[C@]2(CCNC(=O)OC(C)(C)C)C=CC(=O)C[C@H]12. The Labute approximate surface area is 149 Å². The summed E-state index contributed by atoms with van der Waals surface area (Å²) in [6.45, 7) is 6.03. The van der Waals surface area contributed by atoms with Crippen molar-refractivity contribution in [2.24, 2.45) is 0 Å². The van der Waals surface area contributed by atoms with Crippen LogP contribution in [0.5, 0.6) is 0 Å². The number of nitrogens with zero attached hydrogens (tertiary/aromatic N) is 1. The van der Waals surface area contributed by atoms with Gasteiger partial charge in [0, 0.05) is 37.2 Å². The zero-order chi connectivity index (χ0) is 18.2. The average molecular weight is 342 g/mol. The third-order valence-corrected chi connectivity index (χ3v) is 5.02. The minimum Gasteiger partial charge on any atom is -0.444 e. The Bertz CT molecular complexity index is 720. The van der Waals surface area contributed by atoms with E-state index in [1.165, 1.54) is 5.56 Å². The molecule has 0 saturated carbocycles. The summed E-state index contributed by atoms with van der Waals surface area (Å²) in [5.41, 5.74) is 1.61. The highest BCUT2D eigenvalue weighted by Crippen LogP contribution is 2.50. The van der Waals surface area contributed by atoms with E-state index in [0.29, 0.717) is 13.0 Å². The van der Waals surface area contributed by atoms with E-state index in [0.717, 1.165) is 12.1 Å². The summed E-state index contributed by atoms with van der Waals surface area (Å²) >= 11 is 0. The maximum absolute atomic E-state index is 12.0. The van der Waals surface area contributed by atoms with E-state index in [2.05, 4.69) is 22.3 Å². The molecule has 134 valence electrons. The van der Waals surface area contributed by atoms with Crippen LogP contribution < -0.4 is 10.2 Å². The summed E-state index contributed by atoms with van der Waals surface area (Å²) in [6, 6.07) is 8.35. The zero-order valence-electron chi connectivity index (χ0n) is 15.3. The second-order valence-electron chi connectivity index (χ2n) is 7.87. The molecule has 1 heterocycles. The number of ketones is 1. The maximum Gasteiger partial charge on any atom is 0.407 e. The van der Waals surface area contributed by atoms with Crippen LogP contribution in [-0.2, 0) is 14.9 Å². The number of allylic oxidation sites excluding steroid dienone is 1. The van der Waals surface area contributed by atoms with Gasteiger partial charge in [0.25, 0.3) is 0 Å². The number of rotatable bonds is 3. The molecule has 0 bridgehead atoms. The van der Waals surface area contributed by atoms with Gasteiger partial charge in [0.15, 0.2) is 5.78 Å². The van der Waals surface area contributed by atoms with Gasteiger partial charge in [-0.1, -0.05) is 24.3 Å². The van der Waals surface area contributed by atoms with Crippen LogP contribution in [0.3, 0.4) is 0 Å². The number of ether oxygens (including phenoxy) is 1. The average Bonchev–Trinajstić information content (AvgIpc) is 2.76. The molecule has 0 saturated heterocycles. The Morgan fingerprint density at radius 3 is 2.80 bits per heavy atom. The fourth-order valence-electron chi connectivity index (χ4n) is 3.96. The number of para-hydroxylation sites is 1. The van der Waals surface area contributed by atoms with E-state index in [9.17, 15) is 9.59 Å². The first-order valence-corrected chi connectivity index (χ1v) is 8.74. The van der Waals surface area contributed by atoms with Crippen LogP contribution in [0.4, 0.5) is 10.5 Å². The molecular weight excluding hydrogens is 316 g/mol. The van der Waals surface area contributed by atoms with Crippen molar-refractivity contribution in [2.45, 2.75) is 50.7 Å². The van der Waals surface area contributed by atoms with Gasteiger partial charge in [0.1, 0.15) is 5.60 Å². The molecule has 0 spiro atoms. The molecule has 2 aliphatic rings. The number of anilines is 1. The molecule has 0 fully saturated rings. The van der Waals surface area contributed by atoms with Crippen molar-refractivity contribution in [3.63, 3.8) is 0 Å². The van der Waals surface area contributed by atoms with E-state index in [4.69, 9.17) is 4.74 Å². The molecule has 0 radical (unpaired) electrons. The highest BCUT2D eigenvalue weighted by molar-refractivity contribution is 5.93. The first kappa shape index (κ1) is 17.5. The van der Waals surface area contributed by atoms with Gasteiger partial charge in [-0.3, -0.25) is 4.79 Å². The topological polar surface area (TPSA) is 58.6 Å². The van der Waals surface area contributed by atoms with Crippen LogP contribution in [0.1, 0.15) is 39.2 Å². The molecule has 5 nitrogen and oxygen atoms in total. The van der Waals surface area contributed by atoms with E-state index >= 15 is 0 Å². The molecule has 1 aromatic rings. The lowest BCUT2D eigenvalue weighted by molar-refractivity contribution is -0.115. The van der Waals surface area contributed by atoms with E-state index < -0.39 is 11.7 Å². The fraction of sp³-hybridized carbons (Fsp3) is 0.500. The van der Waals surface area contributed by atoms with Crippen molar-refractivity contribution in [1.29, 1.82) is 0 Å². The summed E-state index contributed by atoms with van der Waals surface area (Å²) in [5, 5.41) is 2.85. The number of nitrogens with one attached hydrogen (secondary N) is 1. The standard InChI is InChI=1S/C20H26N2O3/c1-19(2,3)25-18(24)21-12-11-20-10-9-14(23)13-17(20)22(4)16-8-6-5-7-15(16)20/h5-10,17H,11-13H2,1-4H3,(H,21,24)/t17-,20+/m0/s1. The van der Waals surface area contributed by atoms with Crippen LogP contribution in [0.15, 0.2) is 36.4 Å². The van der Waals surface area contributed by atoms with E-state index in [-0.39, 0.29) is 17.2 Å². The lowest BCUT2D eigenvalue weighted by Gasteiger charge is -2.38. The van der Waals surface area contributed by atoms with Gasteiger partial charge < -0.3 is 15.0 Å². The molecular formula is C20H26N2O3. The first-order valence-electron chi connectivity index (χ1n) is 8.74. The molecule has 25 heavy (non-hydrogen) atoms. The second-order valence-corrected chi connectivity index (χ2v) is 7.87. The van der Waals surface area contributed by atoms with Gasteiger partial charge >= 0.3 is 6.09 Å². The lowest BCUT2D eigenvalue weighted by atomic mass is 9.69. The number of carbonyl (C=O) groups is 2. The number of hydrogen-bond donors (Lipinski definition) is 1. The van der Waals surface area contributed by atoms with Gasteiger partial charge in [0.05, 0.1) is 0 Å². The zero-order valence-corrected chi connectivity index (χ0v) is 15.3. The highest BCUT2D eigenvalue weighted by atomic mass is 16.6. The van der Waals surface area contributed by atoms with Gasteiger partial charge in [-0.2, -0.15) is 0 Å². The minimum atomic E-state index is -0.512. The van der Waals surface area contributed by atoms with Gasteiger partial charge in [-0.25, -0.2) is 4.79 Å². The molecule has 1 aliphatic heterocycles. The number of hydrogen-bond acceptors (Lipinski definition) is 4. The Balaban J connectivity index is 1.80. The number of benzene rings is 1. The summed E-state index contributed by atoms with van der Waals surface area (Å²) in [4.78, 5) is 26.1. The smallest absolute Gasteiger partial charge is 0.407 e. The normalized spacial score (nSPS) is 24.7. The molecule has 3 rings (SSSR count). The summed E-state index contributed by atoms with van der Waals surface area (Å²) < 4.78 is 5.31. The molecule has 0 aromatic heterocycles. The molecule has 5 heteroatoms. The van der Waals surface area contributed by atoms with Gasteiger partial charge in [-0.05, 0) is 44.9 Å². The quantitative estimate of drug-likeness (QED) is 0.916. The molecule has 2 atom stereocenters. The van der Waals surface area contributed by atoms with Crippen LogP contribution in [0.2, 0.25) is 0 Å². The lowest BCUT2D eigenvalue weighted by Crippen LogP contribution is -2.47. The molecule has 0 unspecified atom stereocenters. The summed E-state index contributed by atoms with van der Waals surface area (Å²) in [6.07, 6.45) is 4.54. The Morgan fingerprint density at radius 1 is 1.36 bits per heavy atom.